The van der Waals surface area contributed by atoms with Crippen LogP contribution in [0.1, 0.15) is 44.9 Å². The summed E-state index contributed by atoms with van der Waals surface area (Å²) in [6.07, 6.45) is 3.64. The Morgan fingerprint density at radius 2 is 2.14 bits per heavy atom. The van der Waals surface area contributed by atoms with Crippen molar-refractivity contribution < 1.29 is 9.15 Å². The first kappa shape index (κ1) is 14.6. The summed E-state index contributed by atoms with van der Waals surface area (Å²) >= 11 is 0. The van der Waals surface area contributed by atoms with Gasteiger partial charge in [0, 0.05) is 17.9 Å². The molecule has 0 bridgehead atoms. The van der Waals surface area contributed by atoms with Gasteiger partial charge < -0.3 is 14.5 Å². The molecule has 0 aliphatic carbocycles. The van der Waals surface area contributed by atoms with E-state index in [1.807, 2.05) is 12.1 Å². The lowest BCUT2D eigenvalue weighted by Gasteiger charge is -2.26. The van der Waals surface area contributed by atoms with Gasteiger partial charge in [-0.1, -0.05) is 32.0 Å². The van der Waals surface area contributed by atoms with E-state index in [0.29, 0.717) is 12.0 Å². The number of rotatable bonds is 6. The molecule has 21 heavy (non-hydrogen) atoms. The molecule has 0 spiro atoms. The molecule has 0 saturated carbocycles. The number of hydrogen-bond acceptors (Lipinski definition) is 3. The van der Waals surface area contributed by atoms with Crippen LogP contribution in [0.5, 0.6) is 0 Å². The summed E-state index contributed by atoms with van der Waals surface area (Å²) in [5, 5.41) is 4.86. The zero-order chi connectivity index (χ0) is 14.7. The van der Waals surface area contributed by atoms with Crippen LogP contribution >= 0.6 is 0 Å². The summed E-state index contributed by atoms with van der Waals surface area (Å²) in [6, 6.07) is 10.7. The van der Waals surface area contributed by atoms with Crippen LogP contribution in [0.3, 0.4) is 0 Å². The number of nitrogens with one attached hydrogen (secondary N) is 1. The Morgan fingerprint density at radius 3 is 2.90 bits per heavy atom. The summed E-state index contributed by atoms with van der Waals surface area (Å²) in [5.74, 6) is 1.56. The van der Waals surface area contributed by atoms with Crippen LogP contribution in [0, 0.1) is 5.92 Å². The minimum atomic E-state index is 0.254. The van der Waals surface area contributed by atoms with E-state index in [9.17, 15) is 0 Å². The van der Waals surface area contributed by atoms with Gasteiger partial charge in [0.15, 0.2) is 0 Å². The average Bonchev–Trinajstić information content (AvgIpc) is 3.14. The predicted molar refractivity (Wildman–Crippen MR) is 85.4 cm³/mol. The summed E-state index contributed by atoms with van der Waals surface area (Å²) in [5.41, 5.74) is 0.975. The van der Waals surface area contributed by atoms with E-state index >= 15 is 0 Å². The van der Waals surface area contributed by atoms with E-state index < -0.39 is 0 Å². The fourth-order valence-electron chi connectivity index (χ4n) is 3.39. The lowest BCUT2D eigenvalue weighted by molar-refractivity contribution is 0.0749. The molecule has 1 N–H and O–H groups in total. The van der Waals surface area contributed by atoms with Crippen molar-refractivity contribution in [2.45, 2.75) is 45.3 Å². The average molecular weight is 287 g/mol. The maximum atomic E-state index is 6.11. The second-order valence-electron chi connectivity index (χ2n) is 5.89. The van der Waals surface area contributed by atoms with Gasteiger partial charge in [-0.3, -0.25) is 0 Å². The van der Waals surface area contributed by atoms with Gasteiger partial charge in [-0.15, -0.1) is 0 Å². The Kier molecular flexibility index (Phi) is 4.61. The van der Waals surface area contributed by atoms with Crippen LogP contribution in [0.2, 0.25) is 0 Å². The van der Waals surface area contributed by atoms with Crippen molar-refractivity contribution in [2.24, 2.45) is 5.92 Å². The topological polar surface area (TPSA) is 34.4 Å². The monoisotopic (exact) mass is 287 g/mol. The van der Waals surface area contributed by atoms with E-state index in [1.54, 1.807) is 0 Å². The summed E-state index contributed by atoms with van der Waals surface area (Å²) < 4.78 is 12.0. The third-order valence-electron chi connectivity index (χ3n) is 4.46. The lowest BCUT2D eigenvalue weighted by atomic mass is 9.89. The van der Waals surface area contributed by atoms with Crippen LogP contribution in [0.25, 0.3) is 11.0 Å². The highest BCUT2D eigenvalue weighted by molar-refractivity contribution is 5.77. The zero-order valence-corrected chi connectivity index (χ0v) is 13.0. The van der Waals surface area contributed by atoms with Gasteiger partial charge in [0.1, 0.15) is 11.3 Å². The van der Waals surface area contributed by atoms with Crippen LogP contribution in [0.4, 0.5) is 0 Å². The normalized spacial score (nSPS) is 23.7. The Balaban J connectivity index is 1.90. The van der Waals surface area contributed by atoms with Gasteiger partial charge in [-0.05, 0) is 37.9 Å². The Hall–Kier alpha value is -1.32. The van der Waals surface area contributed by atoms with Crippen LogP contribution in [-0.4, -0.2) is 19.3 Å². The maximum absolute atomic E-state index is 6.11. The molecule has 3 nitrogen and oxygen atoms in total. The first-order valence-electron chi connectivity index (χ1n) is 8.17. The number of fused-ring (bicyclic) bond motifs is 1. The van der Waals surface area contributed by atoms with Crippen LogP contribution in [0.15, 0.2) is 34.7 Å². The van der Waals surface area contributed by atoms with Crippen LogP contribution in [-0.2, 0) is 4.74 Å². The van der Waals surface area contributed by atoms with Crippen molar-refractivity contribution in [1.82, 2.24) is 5.32 Å². The maximum Gasteiger partial charge on any atom is 0.134 e. The summed E-state index contributed by atoms with van der Waals surface area (Å²) in [6.45, 7) is 6.28. The summed E-state index contributed by atoms with van der Waals surface area (Å²) in [7, 11) is 0. The standard InChI is InChI=1S/C18H25NO2/c1-3-10-19-18(14-9-11-20-15(14)4-2)17-12-13-7-5-6-8-16(13)21-17/h5-8,12,14-15,18-19H,3-4,9-11H2,1-2H3. The molecule has 0 radical (unpaired) electrons. The lowest BCUT2D eigenvalue weighted by Crippen LogP contribution is -2.33. The molecule has 114 valence electrons. The van der Waals surface area contributed by atoms with E-state index in [4.69, 9.17) is 9.15 Å². The van der Waals surface area contributed by atoms with E-state index in [0.717, 1.165) is 43.8 Å². The van der Waals surface area contributed by atoms with Gasteiger partial charge in [0.2, 0.25) is 0 Å². The predicted octanol–water partition coefficient (Wildman–Crippen LogP) is 4.29. The second-order valence-corrected chi connectivity index (χ2v) is 5.89. The smallest absolute Gasteiger partial charge is 0.134 e. The molecule has 2 heterocycles. The first-order valence-corrected chi connectivity index (χ1v) is 8.17. The molecule has 1 fully saturated rings. The molecule has 0 amide bonds. The van der Waals surface area contributed by atoms with E-state index in [-0.39, 0.29) is 6.04 Å². The molecular weight excluding hydrogens is 262 g/mol. The number of ether oxygens (including phenoxy) is 1. The molecule has 1 aromatic heterocycles. The van der Waals surface area contributed by atoms with Gasteiger partial charge in [0.05, 0.1) is 12.1 Å². The van der Waals surface area contributed by atoms with Crippen molar-refractivity contribution in [3.63, 3.8) is 0 Å². The van der Waals surface area contributed by atoms with Crippen LogP contribution < -0.4 is 5.32 Å². The Morgan fingerprint density at radius 1 is 1.29 bits per heavy atom. The van der Waals surface area contributed by atoms with Crippen molar-refractivity contribution in [3.05, 3.63) is 36.1 Å². The van der Waals surface area contributed by atoms with E-state index in [1.165, 1.54) is 5.39 Å². The number of benzene rings is 1. The second kappa shape index (κ2) is 6.63. The molecule has 3 atom stereocenters. The summed E-state index contributed by atoms with van der Waals surface area (Å²) in [4.78, 5) is 0. The molecule has 1 aromatic carbocycles. The third-order valence-corrected chi connectivity index (χ3v) is 4.46. The number of para-hydroxylation sites is 1. The molecule has 1 aliphatic heterocycles. The van der Waals surface area contributed by atoms with Gasteiger partial charge in [-0.25, -0.2) is 0 Å². The fourth-order valence-corrected chi connectivity index (χ4v) is 3.39. The zero-order valence-electron chi connectivity index (χ0n) is 13.0. The van der Waals surface area contributed by atoms with Gasteiger partial charge in [-0.2, -0.15) is 0 Å². The quantitative estimate of drug-likeness (QED) is 0.860. The Bertz CT molecular complexity index is 544. The molecule has 2 aromatic rings. The highest BCUT2D eigenvalue weighted by Gasteiger charge is 2.35. The third kappa shape index (κ3) is 2.99. The van der Waals surface area contributed by atoms with Crippen molar-refractivity contribution in [3.8, 4) is 0 Å². The molecule has 3 unspecified atom stereocenters. The van der Waals surface area contributed by atoms with E-state index in [2.05, 4.69) is 37.4 Å². The molecule has 3 heteroatoms. The molecule has 1 aliphatic rings. The number of hydrogen-bond donors (Lipinski definition) is 1. The van der Waals surface area contributed by atoms with Crippen molar-refractivity contribution >= 4 is 11.0 Å². The van der Waals surface area contributed by atoms with Gasteiger partial charge in [0.25, 0.3) is 0 Å². The SMILES string of the molecule is CCCNC(c1cc2ccccc2o1)C1CCOC1CC. The minimum Gasteiger partial charge on any atom is -0.459 e. The fraction of sp³-hybridized carbons (Fsp3) is 0.556. The number of furan rings is 1. The molecular formula is C18H25NO2. The first-order chi connectivity index (χ1) is 10.3. The highest BCUT2D eigenvalue weighted by atomic mass is 16.5. The Labute approximate surface area is 126 Å². The largest absolute Gasteiger partial charge is 0.459 e. The van der Waals surface area contributed by atoms with Crippen molar-refractivity contribution in [1.29, 1.82) is 0 Å². The molecule has 3 rings (SSSR count). The van der Waals surface area contributed by atoms with Gasteiger partial charge >= 0.3 is 0 Å². The van der Waals surface area contributed by atoms with Crippen molar-refractivity contribution in [2.75, 3.05) is 13.2 Å². The highest BCUT2D eigenvalue weighted by Crippen LogP contribution is 2.36. The molecule has 1 saturated heterocycles. The minimum absolute atomic E-state index is 0.254.